The van der Waals surface area contributed by atoms with E-state index in [1.165, 1.54) is 37.5 Å². The van der Waals surface area contributed by atoms with Gasteiger partial charge in [-0.15, -0.1) is 0 Å². The first-order valence-electron chi connectivity index (χ1n) is 7.31. The van der Waals surface area contributed by atoms with Gasteiger partial charge in [0.15, 0.2) is 0 Å². The second-order valence-electron chi connectivity index (χ2n) is 5.73. The molecule has 1 aromatic carbocycles. The summed E-state index contributed by atoms with van der Waals surface area (Å²) >= 11 is 0. The number of hydrogen-bond acceptors (Lipinski definition) is 4. The van der Waals surface area contributed by atoms with E-state index in [-0.39, 0.29) is 22.8 Å². The number of amides is 1. The number of para-hydroxylation sites is 1. The molecular formula is C15H21N3O3. The third-order valence-electron chi connectivity index (χ3n) is 4.34. The van der Waals surface area contributed by atoms with E-state index in [1.54, 1.807) is 0 Å². The van der Waals surface area contributed by atoms with Crippen molar-refractivity contribution in [3.63, 3.8) is 0 Å². The molecule has 1 aliphatic carbocycles. The molecule has 2 unspecified atom stereocenters. The summed E-state index contributed by atoms with van der Waals surface area (Å²) in [5.74, 6) is 0.734. The number of nitrogens with zero attached hydrogens (tertiary/aromatic N) is 1. The van der Waals surface area contributed by atoms with Gasteiger partial charge in [-0.2, -0.15) is 0 Å². The normalized spacial score (nSPS) is 21.8. The number of carbonyl (C=O) groups excluding carboxylic acids is 1. The first kappa shape index (κ1) is 15.3. The molecule has 0 radical (unpaired) electrons. The van der Waals surface area contributed by atoms with Gasteiger partial charge < -0.3 is 11.1 Å². The third kappa shape index (κ3) is 3.51. The number of anilines is 1. The summed E-state index contributed by atoms with van der Waals surface area (Å²) in [6.07, 6.45) is 4.76. The molecule has 1 fully saturated rings. The quantitative estimate of drug-likeness (QED) is 0.506. The van der Waals surface area contributed by atoms with Crippen molar-refractivity contribution >= 4 is 17.3 Å². The highest BCUT2D eigenvalue weighted by Gasteiger charge is 2.23. The van der Waals surface area contributed by atoms with Crippen LogP contribution in [0, 0.1) is 22.0 Å². The van der Waals surface area contributed by atoms with Crippen LogP contribution in [0.25, 0.3) is 0 Å². The highest BCUT2D eigenvalue weighted by Crippen LogP contribution is 2.29. The number of nitrogens with two attached hydrogens (primary N) is 1. The van der Waals surface area contributed by atoms with E-state index in [4.69, 9.17) is 5.73 Å². The number of nitro benzene ring substituents is 1. The fraction of sp³-hybridized carbons (Fsp3) is 0.533. The molecule has 21 heavy (non-hydrogen) atoms. The van der Waals surface area contributed by atoms with Crippen LogP contribution in [0.3, 0.4) is 0 Å². The zero-order valence-electron chi connectivity index (χ0n) is 12.2. The van der Waals surface area contributed by atoms with Crippen LogP contribution < -0.4 is 11.1 Å². The van der Waals surface area contributed by atoms with Gasteiger partial charge in [0.2, 0.25) is 0 Å². The number of nitrogens with one attached hydrogen (secondary N) is 1. The molecule has 2 atom stereocenters. The molecule has 0 spiro atoms. The highest BCUT2D eigenvalue weighted by molar-refractivity contribution is 6.00. The number of hydrogen-bond donors (Lipinski definition) is 2. The lowest BCUT2D eigenvalue weighted by Gasteiger charge is -2.28. The molecule has 0 aliphatic heterocycles. The van der Waals surface area contributed by atoms with E-state index < -0.39 is 4.92 Å². The molecule has 0 aromatic heterocycles. The maximum atomic E-state index is 12.2. The Morgan fingerprint density at radius 1 is 1.43 bits per heavy atom. The molecular weight excluding hydrogens is 270 g/mol. The zero-order valence-corrected chi connectivity index (χ0v) is 12.2. The molecule has 3 N–H and O–H groups in total. The standard InChI is InChI=1S/C15H21N3O3/c1-10-5-2-3-6-11(10)9-17-15(19)12-7-4-8-13(14(12)16)18(20)21/h4,7-8,10-11H,2-3,5-6,9,16H2,1H3,(H,17,19). The summed E-state index contributed by atoms with van der Waals surface area (Å²) in [6, 6.07) is 4.30. The van der Waals surface area contributed by atoms with E-state index in [1.807, 2.05) is 0 Å². The lowest BCUT2D eigenvalue weighted by molar-refractivity contribution is -0.383. The Morgan fingerprint density at radius 3 is 2.81 bits per heavy atom. The molecule has 1 saturated carbocycles. The third-order valence-corrected chi connectivity index (χ3v) is 4.34. The molecule has 114 valence electrons. The van der Waals surface area contributed by atoms with Gasteiger partial charge in [-0.05, 0) is 24.3 Å². The molecule has 2 rings (SSSR count). The molecule has 0 bridgehead atoms. The Bertz CT molecular complexity index is 545. The van der Waals surface area contributed by atoms with Crippen LogP contribution in [-0.2, 0) is 0 Å². The number of nitro groups is 1. The SMILES string of the molecule is CC1CCCCC1CNC(=O)c1cccc([N+](=O)[O-])c1N. The summed E-state index contributed by atoms with van der Waals surface area (Å²) in [7, 11) is 0. The Kier molecular flexibility index (Phi) is 4.77. The van der Waals surface area contributed by atoms with Crippen molar-refractivity contribution in [2.45, 2.75) is 32.6 Å². The van der Waals surface area contributed by atoms with Gasteiger partial charge in [-0.1, -0.05) is 32.3 Å². The summed E-state index contributed by atoms with van der Waals surface area (Å²) in [6.45, 7) is 2.81. The van der Waals surface area contributed by atoms with Crippen LogP contribution in [0.5, 0.6) is 0 Å². The molecule has 6 nitrogen and oxygen atoms in total. The summed E-state index contributed by atoms with van der Waals surface area (Å²) in [5, 5.41) is 13.7. The molecule has 1 aliphatic rings. The van der Waals surface area contributed by atoms with Crippen LogP contribution in [0.2, 0.25) is 0 Å². The highest BCUT2D eigenvalue weighted by atomic mass is 16.6. The van der Waals surface area contributed by atoms with Gasteiger partial charge >= 0.3 is 0 Å². The zero-order chi connectivity index (χ0) is 15.4. The first-order chi connectivity index (χ1) is 10.0. The number of benzene rings is 1. The molecule has 1 aromatic rings. The Morgan fingerprint density at radius 2 is 2.14 bits per heavy atom. The van der Waals surface area contributed by atoms with E-state index in [0.717, 1.165) is 6.42 Å². The van der Waals surface area contributed by atoms with Crippen LogP contribution in [0.1, 0.15) is 43.0 Å². The maximum Gasteiger partial charge on any atom is 0.292 e. The van der Waals surface area contributed by atoms with Crippen molar-refractivity contribution in [3.8, 4) is 0 Å². The summed E-state index contributed by atoms with van der Waals surface area (Å²) in [4.78, 5) is 22.4. The van der Waals surface area contributed by atoms with Crippen molar-refractivity contribution in [2.75, 3.05) is 12.3 Å². The second-order valence-corrected chi connectivity index (χ2v) is 5.73. The number of carbonyl (C=O) groups is 1. The molecule has 0 heterocycles. The second kappa shape index (κ2) is 6.56. The first-order valence-corrected chi connectivity index (χ1v) is 7.31. The maximum absolute atomic E-state index is 12.2. The van der Waals surface area contributed by atoms with Crippen molar-refractivity contribution in [3.05, 3.63) is 33.9 Å². The molecule has 1 amide bonds. The van der Waals surface area contributed by atoms with Crippen LogP contribution >= 0.6 is 0 Å². The van der Waals surface area contributed by atoms with Crippen LogP contribution in [-0.4, -0.2) is 17.4 Å². The van der Waals surface area contributed by atoms with Crippen molar-refractivity contribution in [1.29, 1.82) is 0 Å². The van der Waals surface area contributed by atoms with E-state index >= 15 is 0 Å². The van der Waals surface area contributed by atoms with Crippen molar-refractivity contribution in [1.82, 2.24) is 5.32 Å². The minimum Gasteiger partial charge on any atom is -0.393 e. The Labute approximate surface area is 123 Å². The fourth-order valence-corrected chi connectivity index (χ4v) is 2.93. The van der Waals surface area contributed by atoms with Gasteiger partial charge in [0, 0.05) is 12.6 Å². The van der Waals surface area contributed by atoms with Gasteiger partial charge in [0.05, 0.1) is 10.5 Å². The lowest BCUT2D eigenvalue weighted by Crippen LogP contribution is -2.33. The van der Waals surface area contributed by atoms with Crippen LogP contribution in [0.4, 0.5) is 11.4 Å². The topological polar surface area (TPSA) is 98.3 Å². The van der Waals surface area contributed by atoms with Gasteiger partial charge in [-0.25, -0.2) is 0 Å². The number of rotatable bonds is 4. The average Bonchev–Trinajstić information content (AvgIpc) is 2.46. The minimum absolute atomic E-state index is 0.0725. The predicted molar refractivity (Wildman–Crippen MR) is 81.0 cm³/mol. The summed E-state index contributed by atoms with van der Waals surface area (Å²) in [5.41, 5.74) is 5.59. The van der Waals surface area contributed by atoms with E-state index in [0.29, 0.717) is 18.4 Å². The Hall–Kier alpha value is -2.11. The van der Waals surface area contributed by atoms with Gasteiger partial charge in [0.25, 0.3) is 11.6 Å². The monoisotopic (exact) mass is 291 g/mol. The fourth-order valence-electron chi connectivity index (χ4n) is 2.93. The van der Waals surface area contributed by atoms with Crippen molar-refractivity contribution < 1.29 is 9.72 Å². The minimum atomic E-state index is -0.574. The smallest absolute Gasteiger partial charge is 0.292 e. The molecule has 6 heteroatoms. The summed E-state index contributed by atoms with van der Waals surface area (Å²) < 4.78 is 0. The molecule has 0 saturated heterocycles. The van der Waals surface area contributed by atoms with Gasteiger partial charge in [-0.3, -0.25) is 14.9 Å². The van der Waals surface area contributed by atoms with E-state index in [2.05, 4.69) is 12.2 Å². The van der Waals surface area contributed by atoms with Gasteiger partial charge in [0.1, 0.15) is 5.69 Å². The number of nitrogen functional groups attached to an aromatic ring is 1. The van der Waals surface area contributed by atoms with E-state index in [9.17, 15) is 14.9 Å². The average molecular weight is 291 g/mol. The van der Waals surface area contributed by atoms with Crippen LogP contribution in [0.15, 0.2) is 18.2 Å². The predicted octanol–water partition coefficient (Wildman–Crippen LogP) is 2.73. The Balaban J connectivity index is 2.03. The largest absolute Gasteiger partial charge is 0.393 e. The van der Waals surface area contributed by atoms with Crippen molar-refractivity contribution in [2.24, 2.45) is 11.8 Å². The lowest BCUT2D eigenvalue weighted by atomic mass is 9.80.